The molecule has 0 radical (unpaired) electrons. The van der Waals surface area contributed by atoms with Crippen molar-refractivity contribution in [3.8, 4) is 0 Å². The van der Waals surface area contributed by atoms with E-state index >= 15 is 0 Å². The lowest BCUT2D eigenvalue weighted by Crippen LogP contribution is -2.31. The molecule has 8 heteroatoms. The number of hydrogen-bond acceptors (Lipinski definition) is 5. The van der Waals surface area contributed by atoms with Crippen molar-refractivity contribution in [1.29, 1.82) is 0 Å². The molecule has 0 aliphatic heterocycles. The molecule has 1 rings (SSSR count). The highest BCUT2D eigenvalue weighted by Crippen LogP contribution is 1.91. The van der Waals surface area contributed by atoms with Crippen molar-refractivity contribution in [2.24, 2.45) is 0 Å². The Balaban J connectivity index is 2.58. The van der Waals surface area contributed by atoms with E-state index < -0.39 is 21.1 Å². The molecule has 0 aliphatic carbocycles. The zero-order chi connectivity index (χ0) is 13.8. The lowest BCUT2D eigenvalue weighted by Gasteiger charge is -2.07. The molecule has 0 unspecified atom stereocenters. The number of sulfone groups is 1. The van der Waals surface area contributed by atoms with Gasteiger partial charge in [0.15, 0.2) is 9.84 Å². The van der Waals surface area contributed by atoms with Crippen LogP contribution in [-0.2, 0) is 21.3 Å². The van der Waals surface area contributed by atoms with E-state index in [9.17, 15) is 18.0 Å². The fraction of sp³-hybridized carbons (Fsp3) is 0.600. The fourth-order valence-corrected chi connectivity index (χ4v) is 1.87. The van der Waals surface area contributed by atoms with Crippen LogP contribution < -0.4 is 11.2 Å². The topological polar surface area (TPSA) is 98.2 Å². The van der Waals surface area contributed by atoms with Crippen LogP contribution in [0, 0.1) is 6.92 Å². The summed E-state index contributed by atoms with van der Waals surface area (Å²) in [6.07, 6.45) is 1.37. The summed E-state index contributed by atoms with van der Waals surface area (Å²) in [5.41, 5.74) is -0.631. The molecule has 1 N–H and O–H groups in total. The van der Waals surface area contributed by atoms with Crippen molar-refractivity contribution in [3.63, 3.8) is 0 Å². The smallest absolute Gasteiger partial charge is 0.330 e. The number of ether oxygens (including phenoxy) is 1. The molecular weight excluding hydrogens is 260 g/mol. The SMILES string of the molecule is CCS(=O)(=O)CCOCn1cc(C)c(=O)[nH]c1=O. The third kappa shape index (κ3) is 4.11. The van der Waals surface area contributed by atoms with Crippen LogP contribution >= 0.6 is 0 Å². The monoisotopic (exact) mass is 276 g/mol. The molecule has 0 amide bonds. The Labute approximate surface area is 104 Å². The maximum atomic E-state index is 11.3. The minimum absolute atomic E-state index is 0.0147. The van der Waals surface area contributed by atoms with Gasteiger partial charge in [-0.1, -0.05) is 6.92 Å². The summed E-state index contributed by atoms with van der Waals surface area (Å²) in [5.74, 6) is -0.0192. The Morgan fingerprint density at radius 3 is 2.67 bits per heavy atom. The highest BCUT2D eigenvalue weighted by Gasteiger charge is 2.07. The summed E-state index contributed by atoms with van der Waals surface area (Å²) in [5, 5.41) is 0. The van der Waals surface area contributed by atoms with Gasteiger partial charge in [0, 0.05) is 17.5 Å². The molecule has 0 atom stereocenters. The molecule has 1 heterocycles. The molecule has 7 nitrogen and oxygen atoms in total. The van der Waals surface area contributed by atoms with Crippen LogP contribution in [0.3, 0.4) is 0 Å². The lowest BCUT2D eigenvalue weighted by molar-refractivity contribution is 0.0854. The first-order chi connectivity index (χ1) is 8.35. The Morgan fingerprint density at radius 2 is 2.06 bits per heavy atom. The van der Waals surface area contributed by atoms with E-state index in [0.717, 1.165) is 0 Å². The van der Waals surface area contributed by atoms with E-state index in [2.05, 4.69) is 4.98 Å². The summed E-state index contributed by atoms with van der Waals surface area (Å²) in [7, 11) is -3.07. The minimum Gasteiger partial charge on any atom is -0.360 e. The van der Waals surface area contributed by atoms with Crippen molar-refractivity contribution in [1.82, 2.24) is 9.55 Å². The second-order valence-corrected chi connectivity index (χ2v) is 6.29. The van der Waals surface area contributed by atoms with Gasteiger partial charge in [0.25, 0.3) is 5.56 Å². The third-order valence-electron chi connectivity index (χ3n) is 2.40. The highest BCUT2D eigenvalue weighted by atomic mass is 32.2. The number of nitrogens with one attached hydrogen (secondary N) is 1. The summed E-state index contributed by atoms with van der Waals surface area (Å²) >= 11 is 0. The van der Waals surface area contributed by atoms with Gasteiger partial charge in [0.2, 0.25) is 0 Å². The van der Waals surface area contributed by atoms with Gasteiger partial charge in [0.05, 0.1) is 12.4 Å². The van der Waals surface area contributed by atoms with Gasteiger partial charge < -0.3 is 4.74 Å². The van der Waals surface area contributed by atoms with Gasteiger partial charge in [-0.05, 0) is 6.92 Å². The summed E-state index contributed by atoms with van der Waals surface area (Å²) < 4.78 is 28.6. The number of aryl methyl sites for hydroxylation is 1. The predicted octanol–water partition coefficient (Wildman–Crippen LogP) is -0.746. The second-order valence-electron chi connectivity index (χ2n) is 3.81. The highest BCUT2D eigenvalue weighted by molar-refractivity contribution is 7.91. The van der Waals surface area contributed by atoms with Gasteiger partial charge in [-0.15, -0.1) is 0 Å². The zero-order valence-corrected chi connectivity index (χ0v) is 11.1. The number of hydrogen-bond donors (Lipinski definition) is 1. The molecule has 0 spiro atoms. The van der Waals surface area contributed by atoms with E-state index in [4.69, 9.17) is 4.74 Å². The number of aromatic amines is 1. The molecule has 0 aliphatic rings. The number of H-pyrrole nitrogens is 1. The van der Waals surface area contributed by atoms with Crippen LogP contribution in [0.1, 0.15) is 12.5 Å². The van der Waals surface area contributed by atoms with Crippen molar-refractivity contribution in [3.05, 3.63) is 32.6 Å². The average Bonchev–Trinajstić information content (AvgIpc) is 2.31. The first-order valence-electron chi connectivity index (χ1n) is 5.44. The van der Waals surface area contributed by atoms with E-state index in [-0.39, 0.29) is 24.8 Å². The Morgan fingerprint density at radius 1 is 1.39 bits per heavy atom. The standard InChI is InChI=1S/C10H16N2O5S/c1-3-18(15,16)5-4-17-7-12-6-8(2)9(13)11-10(12)14/h6H,3-5,7H2,1-2H3,(H,11,13,14). The number of rotatable bonds is 6. The molecule has 102 valence electrons. The summed E-state index contributed by atoms with van der Waals surface area (Å²) in [6.45, 7) is 3.05. The molecule has 18 heavy (non-hydrogen) atoms. The molecule has 0 saturated carbocycles. The Kier molecular flexibility index (Phi) is 4.85. The van der Waals surface area contributed by atoms with Crippen LogP contribution in [0.5, 0.6) is 0 Å². The van der Waals surface area contributed by atoms with Crippen molar-refractivity contribution in [2.45, 2.75) is 20.6 Å². The molecule has 1 aromatic heterocycles. The molecular formula is C10H16N2O5S. The van der Waals surface area contributed by atoms with Gasteiger partial charge in [-0.25, -0.2) is 13.2 Å². The number of nitrogens with zero attached hydrogens (tertiary/aromatic N) is 1. The first kappa shape index (κ1) is 14.7. The Hall–Kier alpha value is -1.41. The van der Waals surface area contributed by atoms with Crippen LogP contribution in [0.4, 0.5) is 0 Å². The fourth-order valence-electron chi connectivity index (χ4n) is 1.21. The van der Waals surface area contributed by atoms with Crippen LogP contribution in [0.15, 0.2) is 15.8 Å². The molecule has 1 aromatic rings. The maximum Gasteiger partial charge on any atom is 0.330 e. The van der Waals surface area contributed by atoms with Crippen LogP contribution in [-0.4, -0.2) is 36.1 Å². The van der Waals surface area contributed by atoms with Gasteiger partial charge in [-0.2, -0.15) is 0 Å². The average molecular weight is 276 g/mol. The van der Waals surface area contributed by atoms with Crippen LogP contribution in [0.25, 0.3) is 0 Å². The van der Waals surface area contributed by atoms with Crippen molar-refractivity contribution < 1.29 is 13.2 Å². The Bertz CT molecular complexity index is 614. The van der Waals surface area contributed by atoms with Gasteiger partial charge in [0.1, 0.15) is 6.73 Å². The second kappa shape index (κ2) is 5.96. The van der Waals surface area contributed by atoms with E-state index in [1.165, 1.54) is 10.8 Å². The van der Waals surface area contributed by atoms with E-state index in [1.54, 1.807) is 13.8 Å². The van der Waals surface area contributed by atoms with Gasteiger partial charge in [-0.3, -0.25) is 14.3 Å². The van der Waals surface area contributed by atoms with Gasteiger partial charge >= 0.3 is 5.69 Å². The molecule has 0 saturated heterocycles. The zero-order valence-electron chi connectivity index (χ0n) is 10.3. The molecule has 0 fully saturated rings. The normalized spacial score (nSPS) is 11.7. The van der Waals surface area contributed by atoms with E-state index in [1.807, 2.05) is 0 Å². The molecule has 0 bridgehead atoms. The lowest BCUT2D eigenvalue weighted by atomic mass is 10.4. The minimum atomic E-state index is -3.07. The van der Waals surface area contributed by atoms with E-state index in [0.29, 0.717) is 5.56 Å². The predicted molar refractivity (Wildman–Crippen MR) is 66.3 cm³/mol. The number of aromatic nitrogens is 2. The van der Waals surface area contributed by atoms with Crippen molar-refractivity contribution in [2.75, 3.05) is 18.1 Å². The van der Waals surface area contributed by atoms with Crippen molar-refractivity contribution >= 4 is 9.84 Å². The third-order valence-corrected chi connectivity index (χ3v) is 4.07. The maximum absolute atomic E-state index is 11.3. The quantitative estimate of drug-likeness (QED) is 0.690. The largest absolute Gasteiger partial charge is 0.360 e. The first-order valence-corrected chi connectivity index (χ1v) is 7.26. The van der Waals surface area contributed by atoms with Crippen LogP contribution in [0.2, 0.25) is 0 Å². The summed E-state index contributed by atoms with van der Waals surface area (Å²) in [4.78, 5) is 24.6. The summed E-state index contributed by atoms with van der Waals surface area (Å²) in [6, 6.07) is 0. The molecule has 0 aromatic carbocycles.